The van der Waals surface area contributed by atoms with Crippen molar-refractivity contribution in [3.05, 3.63) is 23.4 Å². The molecule has 0 saturated carbocycles. The van der Waals surface area contributed by atoms with Crippen LogP contribution in [0.25, 0.3) is 5.65 Å². The molecule has 10 heteroatoms. The van der Waals surface area contributed by atoms with Gasteiger partial charge in [0.2, 0.25) is 5.95 Å². The summed E-state index contributed by atoms with van der Waals surface area (Å²) in [6.07, 6.45) is -4.63. The fraction of sp³-hybridized carbons (Fsp3) is 0.500. The predicted octanol–water partition coefficient (Wildman–Crippen LogP) is 2.01. The Bertz CT molecular complexity index is 730. The van der Waals surface area contributed by atoms with Crippen LogP contribution in [0.5, 0.6) is 0 Å². The minimum Gasteiger partial charge on any atom is -0.462 e. The van der Waals surface area contributed by atoms with E-state index in [1.807, 2.05) is 0 Å². The van der Waals surface area contributed by atoms with Gasteiger partial charge in [0.25, 0.3) is 0 Å². The molecule has 0 aromatic carbocycles. The lowest BCUT2D eigenvalue weighted by atomic mass is 10.2. The lowest BCUT2D eigenvalue weighted by Crippen LogP contribution is -2.26. The molecule has 0 aliphatic heterocycles. The number of esters is 1. The summed E-state index contributed by atoms with van der Waals surface area (Å²) in [5, 5.41) is 7.56. The predicted molar refractivity (Wildman–Crippen MR) is 79.1 cm³/mol. The van der Waals surface area contributed by atoms with Gasteiger partial charge in [-0.25, -0.2) is 4.79 Å². The Morgan fingerprint density at radius 2 is 2.04 bits per heavy atom. The fourth-order valence-corrected chi connectivity index (χ4v) is 2.15. The van der Waals surface area contributed by atoms with Crippen molar-refractivity contribution in [1.29, 1.82) is 0 Å². The number of ether oxygens (including phenoxy) is 2. The summed E-state index contributed by atoms with van der Waals surface area (Å²) in [6.45, 7) is 2.30. The van der Waals surface area contributed by atoms with Crippen LogP contribution in [0.2, 0.25) is 0 Å². The topological polar surface area (TPSA) is 69.0 Å². The Hall–Kier alpha value is -2.36. The van der Waals surface area contributed by atoms with Gasteiger partial charge in [0.15, 0.2) is 5.65 Å². The van der Waals surface area contributed by atoms with Gasteiger partial charge in [-0.05, 0) is 19.1 Å². The molecule has 0 bridgehead atoms. The van der Waals surface area contributed by atoms with Crippen molar-refractivity contribution in [3.63, 3.8) is 0 Å². The maximum absolute atomic E-state index is 13.3. The molecule has 0 spiro atoms. The van der Waals surface area contributed by atoms with E-state index in [9.17, 15) is 18.0 Å². The van der Waals surface area contributed by atoms with Crippen molar-refractivity contribution in [1.82, 2.24) is 14.6 Å². The van der Waals surface area contributed by atoms with Crippen molar-refractivity contribution in [2.45, 2.75) is 13.1 Å². The van der Waals surface area contributed by atoms with E-state index in [-0.39, 0.29) is 23.8 Å². The maximum Gasteiger partial charge on any atom is 0.431 e. The van der Waals surface area contributed by atoms with Gasteiger partial charge >= 0.3 is 12.1 Å². The van der Waals surface area contributed by atoms with Crippen molar-refractivity contribution in [2.75, 3.05) is 38.8 Å². The number of carbonyl (C=O) groups excluding carboxylic acids is 1. The van der Waals surface area contributed by atoms with E-state index in [2.05, 4.69) is 10.2 Å². The molecular weight excluding hydrogens is 329 g/mol. The second-order valence-electron chi connectivity index (χ2n) is 4.92. The minimum atomic E-state index is -4.63. The molecular formula is C14H17F3N4O3. The van der Waals surface area contributed by atoms with Gasteiger partial charge in [-0.3, -0.25) is 4.40 Å². The first-order chi connectivity index (χ1) is 11.3. The number of nitrogens with zero attached hydrogens (tertiary/aromatic N) is 4. The normalized spacial score (nSPS) is 11.8. The molecule has 0 saturated heterocycles. The fourth-order valence-electron chi connectivity index (χ4n) is 2.15. The summed E-state index contributed by atoms with van der Waals surface area (Å²) >= 11 is 0. The summed E-state index contributed by atoms with van der Waals surface area (Å²) < 4.78 is 50.6. The zero-order chi connectivity index (χ0) is 17.9. The molecule has 0 N–H and O–H groups in total. The number of halogens is 3. The van der Waals surface area contributed by atoms with Gasteiger partial charge < -0.3 is 14.4 Å². The second kappa shape index (κ2) is 7.04. The molecule has 0 unspecified atom stereocenters. The van der Waals surface area contributed by atoms with E-state index in [0.29, 0.717) is 13.2 Å². The number of carbonyl (C=O) groups is 1. The lowest BCUT2D eigenvalue weighted by molar-refractivity contribution is -0.141. The van der Waals surface area contributed by atoms with Crippen LogP contribution in [0.3, 0.4) is 0 Å². The van der Waals surface area contributed by atoms with Crippen LogP contribution in [0.1, 0.15) is 23.0 Å². The molecule has 0 fully saturated rings. The third kappa shape index (κ3) is 3.42. The van der Waals surface area contributed by atoms with Gasteiger partial charge in [-0.1, -0.05) is 0 Å². The van der Waals surface area contributed by atoms with Gasteiger partial charge in [-0.15, -0.1) is 10.2 Å². The Morgan fingerprint density at radius 3 is 2.62 bits per heavy atom. The smallest absolute Gasteiger partial charge is 0.431 e. The highest BCUT2D eigenvalue weighted by Crippen LogP contribution is 2.32. The quantitative estimate of drug-likeness (QED) is 0.746. The van der Waals surface area contributed by atoms with Gasteiger partial charge in [0, 0.05) is 20.7 Å². The van der Waals surface area contributed by atoms with E-state index >= 15 is 0 Å². The third-order valence-corrected chi connectivity index (χ3v) is 3.29. The van der Waals surface area contributed by atoms with Gasteiger partial charge in [0.05, 0.1) is 13.2 Å². The maximum atomic E-state index is 13.3. The number of pyridine rings is 1. The highest BCUT2D eigenvalue weighted by Gasteiger charge is 2.36. The van der Waals surface area contributed by atoms with Gasteiger partial charge in [-0.2, -0.15) is 13.2 Å². The molecule has 2 aromatic rings. The minimum absolute atomic E-state index is 0.0412. The molecule has 2 heterocycles. The number of fused-ring (bicyclic) bond motifs is 1. The molecule has 2 aromatic heterocycles. The first kappa shape index (κ1) is 18.0. The zero-order valence-electron chi connectivity index (χ0n) is 13.4. The Balaban J connectivity index is 2.64. The molecule has 132 valence electrons. The zero-order valence-corrected chi connectivity index (χ0v) is 13.4. The van der Waals surface area contributed by atoms with E-state index in [1.165, 1.54) is 12.0 Å². The highest BCUT2D eigenvalue weighted by atomic mass is 19.4. The second-order valence-corrected chi connectivity index (χ2v) is 4.92. The Morgan fingerprint density at radius 1 is 1.33 bits per heavy atom. The van der Waals surface area contributed by atoms with Crippen molar-refractivity contribution < 1.29 is 27.4 Å². The van der Waals surface area contributed by atoms with E-state index in [4.69, 9.17) is 9.47 Å². The standard InChI is InChI=1S/C14H17F3N4O3/c1-4-24-12(22)9-5-6-10(14(15,16)17)21-11(9)18-19-13(21)20(2)7-8-23-3/h5-6H,4,7-8H2,1-3H3. The first-order valence-corrected chi connectivity index (χ1v) is 7.13. The summed E-state index contributed by atoms with van der Waals surface area (Å²) in [4.78, 5) is 13.4. The van der Waals surface area contributed by atoms with Crippen LogP contribution in [-0.2, 0) is 15.7 Å². The molecule has 0 radical (unpaired) electrons. The number of aromatic nitrogens is 3. The summed E-state index contributed by atoms with van der Waals surface area (Å²) in [5.74, 6) is -0.796. The van der Waals surface area contributed by atoms with Crippen LogP contribution in [-0.4, -0.2) is 54.5 Å². The molecule has 0 amide bonds. The van der Waals surface area contributed by atoms with Crippen molar-refractivity contribution in [3.8, 4) is 0 Å². The van der Waals surface area contributed by atoms with Crippen LogP contribution >= 0.6 is 0 Å². The van der Waals surface area contributed by atoms with E-state index in [0.717, 1.165) is 16.5 Å². The Kier molecular flexibility index (Phi) is 5.27. The number of anilines is 1. The first-order valence-electron chi connectivity index (χ1n) is 7.13. The molecule has 0 aliphatic carbocycles. The molecule has 0 aliphatic rings. The van der Waals surface area contributed by atoms with Crippen molar-refractivity contribution >= 4 is 17.6 Å². The third-order valence-electron chi connectivity index (χ3n) is 3.29. The van der Waals surface area contributed by atoms with E-state index < -0.39 is 17.8 Å². The molecule has 2 rings (SSSR count). The number of alkyl halides is 3. The average Bonchev–Trinajstić information content (AvgIpc) is 2.95. The van der Waals surface area contributed by atoms with Crippen LogP contribution in [0.15, 0.2) is 12.1 Å². The monoisotopic (exact) mass is 346 g/mol. The highest BCUT2D eigenvalue weighted by molar-refractivity contribution is 5.96. The molecule has 7 nitrogen and oxygen atoms in total. The summed E-state index contributed by atoms with van der Waals surface area (Å²) in [5.41, 5.74) is -1.26. The number of rotatable bonds is 6. The number of hydrogen-bond donors (Lipinski definition) is 0. The number of methoxy groups -OCH3 is 1. The summed E-state index contributed by atoms with van der Waals surface area (Å²) in [6, 6.07) is 1.86. The SMILES string of the molecule is CCOC(=O)c1ccc(C(F)(F)F)n2c(N(C)CCOC)nnc12. The van der Waals surface area contributed by atoms with E-state index in [1.54, 1.807) is 14.0 Å². The van der Waals surface area contributed by atoms with Gasteiger partial charge in [0.1, 0.15) is 11.3 Å². The summed E-state index contributed by atoms with van der Waals surface area (Å²) in [7, 11) is 3.04. The van der Waals surface area contributed by atoms with Crippen LogP contribution in [0, 0.1) is 0 Å². The molecule has 24 heavy (non-hydrogen) atoms. The van der Waals surface area contributed by atoms with Crippen LogP contribution < -0.4 is 4.90 Å². The van der Waals surface area contributed by atoms with Crippen molar-refractivity contribution in [2.24, 2.45) is 0 Å². The lowest BCUT2D eigenvalue weighted by Gasteiger charge is -2.19. The van der Waals surface area contributed by atoms with Crippen LogP contribution in [0.4, 0.5) is 19.1 Å². The number of likely N-dealkylation sites (N-methyl/N-ethyl adjacent to an activating group) is 1. The number of hydrogen-bond acceptors (Lipinski definition) is 6. The largest absolute Gasteiger partial charge is 0.462 e. The molecule has 0 atom stereocenters. The Labute approximate surface area is 136 Å². The average molecular weight is 346 g/mol.